The van der Waals surface area contributed by atoms with Crippen LogP contribution in [0.5, 0.6) is 0 Å². The van der Waals surface area contributed by atoms with Gasteiger partial charge in [0.25, 0.3) is 11.4 Å². The first-order valence-electron chi connectivity index (χ1n) is 0.532. The van der Waals surface area contributed by atoms with Crippen molar-refractivity contribution >= 4 is 106 Å². The molecule has 38 valence electrons. The van der Waals surface area contributed by atoms with E-state index >= 15 is 0 Å². The van der Waals surface area contributed by atoms with Crippen molar-refractivity contribution in [2.45, 2.75) is 0 Å². The van der Waals surface area contributed by atoms with Gasteiger partial charge in [0, 0.05) is 0 Å². The maximum atomic E-state index is 8.67. The second-order valence-electron chi connectivity index (χ2n) is 0.231. The van der Waals surface area contributed by atoms with Crippen LogP contribution in [0.1, 0.15) is 0 Å². The molecule has 0 fully saturated rings. The normalized spacial score (nSPS) is 5.00. The molecule has 0 unspecified atom stereocenters. The minimum atomic E-state index is -2.61. The van der Waals surface area contributed by atoms with Crippen molar-refractivity contribution in [1.29, 1.82) is 0 Å². The van der Waals surface area contributed by atoms with Gasteiger partial charge in [-0.2, -0.15) is 17.7 Å². The van der Waals surface area contributed by atoms with Gasteiger partial charge in [-0.25, -0.2) is 0 Å². The van der Waals surface area contributed by atoms with E-state index in [9.17, 15) is 0 Å². The molecule has 0 aliphatic carbocycles. The van der Waals surface area contributed by atoms with E-state index in [-0.39, 0.29) is 94.4 Å². The summed E-state index contributed by atoms with van der Waals surface area (Å²) in [4.78, 5) is 0. The first-order chi connectivity index (χ1) is 1.73. The van der Waals surface area contributed by atoms with Crippen LogP contribution in [0, 0.1) is 0 Å². The molecule has 0 amide bonds. The van der Waals surface area contributed by atoms with Gasteiger partial charge in [-0.1, -0.05) is 0 Å². The van der Waals surface area contributed by atoms with E-state index in [1.54, 1.807) is 0 Å². The fraction of sp³-hybridized carbons (Fsp3) is 0. The molecule has 0 atom stereocenters. The Morgan fingerprint density at radius 3 is 1.29 bits per heavy atom. The molecule has 0 rings (SSSR count). The summed E-state index contributed by atoms with van der Waals surface area (Å²) in [6.07, 6.45) is 0. The number of hydrogen-bond acceptors (Lipinski definition) is 1. The predicted octanol–water partition coefficient (Wildman–Crippen LogP) is -1.50. The third kappa shape index (κ3) is 48.3. The first-order valence-corrected chi connectivity index (χ1v) is 1.60. The first kappa shape index (κ1) is 22.5. The Balaban J connectivity index is -0.0000000150. The Kier molecular flexibility index (Phi) is 51.5. The van der Waals surface area contributed by atoms with Crippen molar-refractivity contribution in [3.8, 4) is 0 Å². The molecular formula is H6KNaO3S2. The third-order valence-electron chi connectivity index (χ3n) is 0. The monoisotopic (exact) mass is 180 g/mol. The molecule has 0 heterocycles. The number of rotatable bonds is 0. The Labute approximate surface area is 116 Å². The summed E-state index contributed by atoms with van der Waals surface area (Å²) in [6, 6.07) is 0. The van der Waals surface area contributed by atoms with Crippen molar-refractivity contribution in [3.63, 3.8) is 0 Å². The van der Waals surface area contributed by atoms with E-state index in [2.05, 4.69) is 0 Å². The summed E-state index contributed by atoms with van der Waals surface area (Å²) in [5.74, 6) is 0. The molecule has 0 saturated carbocycles. The van der Waals surface area contributed by atoms with Crippen LogP contribution < -0.4 is 0 Å². The van der Waals surface area contributed by atoms with E-state index in [1.807, 2.05) is 0 Å². The summed E-state index contributed by atoms with van der Waals surface area (Å²) in [5.41, 5.74) is 0. The Hall–Kier alpha value is 3.06. The Morgan fingerprint density at radius 1 is 1.29 bits per heavy atom. The van der Waals surface area contributed by atoms with Crippen molar-refractivity contribution in [3.05, 3.63) is 0 Å². The molecule has 7 heavy (non-hydrogen) atoms. The molecule has 0 bridgehead atoms. The molecule has 0 aromatic rings. The van der Waals surface area contributed by atoms with Gasteiger partial charge in [0.2, 0.25) is 0 Å². The van der Waals surface area contributed by atoms with Crippen LogP contribution in [0.3, 0.4) is 0 Å². The van der Waals surface area contributed by atoms with Gasteiger partial charge >= 0.3 is 80.9 Å². The Morgan fingerprint density at radius 2 is 1.29 bits per heavy atom. The van der Waals surface area contributed by atoms with Gasteiger partial charge in [0.15, 0.2) is 0 Å². The van der Waals surface area contributed by atoms with E-state index in [0.29, 0.717) is 0 Å². The molecule has 0 saturated heterocycles. The average Bonchev–Trinajstić information content (AvgIpc) is 0.811. The van der Waals surface area contributed by atoms with Crippen molar-refractivity contribution in [1.82, 2.24) is 0 Å². The van der Waals surface area contributed by atoms with Crippen LogP contribution >= 0.6 is 13.5 Å². The van der Waals surface area contributed by atoms with Gasteiger partial charge in [-0.15, -0.1) is 0 Å². The molecule has 7 heteroatoms. The minimum absolute atomic E-state index is 0. The van der Waals surface area contributed by atoms with Gasteiger partial charge in [-0.3, -0.25) is 9.11 Å². The second-order valence-corrected chi connectivity index (χ2v) is 0.692. The van der Waals surface area contributed by atoms with Crippen LogP contribution in [-0.2, 0) is 11.4 Å². The van der Waals surface area contributed by atoms with Gasteiger partial charge in [-0.05, 0) is 0 Å². The van der Waals surface area contributed by atoms with Crippen LogP contribution in [0.4, 0.5) is 0 Å². The van der Waals surface area contributed by atoms with Crippen LogP contribution in [0.2, 0.25) is 0 Å². The van der Waals surface area contributed by atoms with E-state index in [0.717, 1.165) is 0 Å². The summed E-state index contributed by atoms with van der Waals surface area (Å²) in [7, 11) is 0. The summed E-state index contributed by atoms with van der Waals surface area (Å²) < 4.78 is 22.8. The van der Waals surface area contributed by atoms with Crippen LogP contribution in [0.25, 0.3) is 0 Å². The fourth-order valence-corrected chi connectivity index (χ4v) is 0. The average molecular weight is 180 g/mol. The molecule has 0 aliphatic rings. The fourth-order valence-electron chi connectivity index (χ4n) is 0. The van der Waals surface area contributed by atoms with E-state index in [4.69, 9.17) is 13.3 Å². The summed E-state index contributed by atoms with van der Waals surface area (Å²) in [6.45, 7) is 0. The molecular weight excluding hydrogens is 174 g/mol. The molecule has 3 nitrogen and oxygen atoms in total. The van der Waals surface area contributed by atoms with Crippen LogP contribution in [0.15, 0.2) is 0 Å². The van der Waals surface area contributed by atoms with Crippen LogP contribution in [-0.4, -0.2) is 94.3 Å². The quantitative estimate of drug-likeness (QED) is 0.352. The molecule has 0 spiro atoms. The van der Waals surface area contributed by atoms with Crippen molar-refractivity contribution in [2.75, 3.05) is 0 Å². The van der Waals surface area contributed by atoms with Gasteiger partial charge in [0.05, 0.1) is 0 Å². The van der Waals surface area contributed by atoms with Gasteiger partial charge < -0.3 is 0 Å². The van der Waals surface area contributed by atoms with E-state index in [1.165, 1.54) is 0 Å². The molecule has 2 N–H and O–H groups in total. The van der Waals surface area contributed by atoms with E-state index < -0.39 is 11.4 Å². The topological polar surface area (TPSA) is 57.5 Å². The molecule has 0 radical (unpaired) electrons. The third-order valence-corrected chi connectivity index (χ3v) is 0. The maximum absolute atomic E-state index is 8.67. The van der Waals surface area contributed by atoms with Gasteiger partial charge in [0.1, 0.15) is 0 Å². The van der Waals surface area contributed by atoms with Crippen molar-refractivity contribution < 1.29 is 13.3 Å². The SMILES string of the molecule is O=S(O)O.S.[KH].[NaH]. The zero-order valence-electron chi connectivity index (χ0n) is 2.21. The molecule has 0 aromatic heterocycles. The second kappa shape index (κ2) is 16.0. The zero-order chi connectivity index (χ0) is 3.58. The zero-order valence-corrected chi connectivity index (χ0v) is 4.03. The number of hydrogen-bond donors (Lipinski definition) is 2. The predicted molar refractivity (Wildman–Crippen MR) is 38.1 cm³/mol. The molecule has 0 aliphatic heterocycles. The standard InChI is InChI=1S/K.Na.H2O3S.H2S.2H/c;;1-4(2)3;;;/h;;(H2,1,2,3);1H2;;. The Bertz CT molecular complexity index is 35.9. The summed E-state index contributed by atoms with van der Waals surface area (Å²) in [5, 5.41) is 0. The summed E-state index contributed by atoms with van der Waals surface area (Å²) >= 11 is -2.61. The molecule has 0 aromatic carbocycles. The van der Waals surface area contributed by atoms with Crippen molar-refractivity contribution in [2.24, 2.45) is 0 Å².